The molecule has 0 unspecified atom stereocenters. The van der Waals surface area contributed by atoms with Crippen LogP contribution in [0.4, 0.5) is 5.69 Å². The van der Waals surface area contributed by atoms with Crippen molar-refractivity contribution in [2.45, 2.75) is 0 Å². The number of rotatable bonds is 3. The molecule has 1 amide bonds. The van der Waals surface area contributed by atoms with Gasteiger partial charge in [0.2, 0.25) is 0 Å². The fourth-order valence-electron chi connectivity index (χ4n) is 1.98. The third-order valence-electron chi connectivity index (χ3n) is 3.04. The number of halogens is 1. The van der Waals surface area contributed by atoms with Crippen LogP contribution in [0.15, 0.2) is 65.5 Å². The largest absolute Gasteiger partial charge is 0.345 e. The van der Waals surface area contributed by atoms with Crippen LogP contribution in [-0.2, 0) is 0 Å². The van der Waals surface area contributed by atoms with Gasteiger partial charge in [-0.3, -0.25) is 4.79 Å². The minimum absolute atomic E-state index is 0.134. The molecule has 3 rings (SSSR count). The van der Waals surface area contributed by atoms with Gasteiger partial charge in [0.05, 0.1) is 18.2 Å². The van der Waals surface area contributed by atoms with Crippen molar-refractivity contribution in [2.24, 2.45) is 0 Å². The second-order valence-electron chi connectivity index (χ2n) is 4.51. The zero-order chi connectivity index (χ0) is 14.7. The minimum atomic E-state index is -0.134. The number of H-pyrrole nitrogens is 1. The fourth-order valence-corrected chi connectivity index (χ4v) is 2.38. The van der Waals surface area contributed by atoms with Crippen LogP contribution in [0.1, 0.15) is 10.4 Å². The SMILES string of the molecule is O=C(Nc1ccc(-c2cnc[nH]2)cc1)c1cccc(Br)c1. The molecule has 2 aromatic carbocycles. The number of anilines is 1. The van der Waals surface area contributed by atoms with Crippen LogP contribution in [0.25, 0.3) is 11.3 Å². The Kier molecular flexibility index (Phi) is 3.83. The van der Waals surface area contributed by atoms with E-state index >= 15 is 0 Å². The van der Waals surface area contributed by atoms with E-state index in [9.17, 15) is 4.79 Å². The molecule has 2 N–H and O–H groups in total. The quantitative estimate of drug-likeness (QED) is 0.753. The minimum Gasteiger partial charge on any atom is -0.345 e. The Morgan fingerprint density at radius 3 is 2.62 bits per heavy atom. The Morgan fingerprint density at radius 1 is 1.14 bits per heavy atom. The van der Waals surface area contributed by atoms with Gasteiger partial charge >= 0.3 is 0 Å². The van der Waals surface area contributed by atoms with Crippen LogP contribution >= 0.6 is 15.9 Å². The zero-order valence-electron chi connectivity index (χ0n) is 11.0. The molecule has 1 aromatic heterocycles. The molecule has 0 aliphatic rings. The molecule has 104 valence electrons. The number of hydrogen-bond donors (Lipinski definition) is 2. The molecular weight excluding hydrogens is 330 g/mol. The highest BCUT2D eigenvalue weighted by molar-refractivity contribution is 9.10. The third-order valence-corrected chi connectivity index (χ3v) is 3.53. The first-order chi connectivity index (χ1) is 10.2. The average Bonchev–Trinajstić information content (AvgIpc) is 3.02. The van der Waals surface area contributed by atoms with E-state index in [0.29, 0.717) is 5.56 Å². The lowest BCUT2D eigenvalue weighted by molar-refractivity contribution is 0.102. The average molecular weight is 342 g/mol. The highest BCUT2D eigenvalue weighted by Gasteiger charge is 2.06. The lowest BCUT2D eigenvalue weighted by Gasteiger charge is -2.06. The molecule has 3 aromatic rings. The van der Waals surface area contributed by atoms with E-state index in [1.165, 1.54) is 0 Å². The number of imidazole rings is 1. The van der Waals surface area contributed by atoms with Crippen molar-refractivity contribution >= 4 is 27.5 Å². The third kappa shape index (κ3) is 3.20. The summed E-state index contributed by atoms with van der Waals surface area (Å²) < 4.78 is 0.879. The second-order valence-corrected chi connectivity index (χ2v) is 5.42. The summed E-state index contributed by atoms with van der Waals surface area (Å²) in [7, 11) is 0. The van der Waals surface area contributed by atoms with Crippen LogP contribution in [0.5, 0.6) is 0 Å². The Hall–Kier alpha value is -2.40. The van der Waals surface area contributed by atoms with Crippen LogP contribution in [0.3, 0.4) is 0 Å². The molecule has 1 heterocycles. The number of aromatic amines is 1. The first-order valence-corrected chi connectivity index (χ1v) is 7.17. The Morgan fingerprint density at radius 2 is 1.95 bits per heavy atom. The zero-order valence-corrected chi connectivity index (χ0v) is 12.6. The van der Waals surface area contributed by atoms with E-state index < -0.39 is 0 Å². The van der Waals surface area contributed by atoms with Gasteiger partial charge < -0.3 is 10.3 Å². The maximum Gasteiger partial charge on any atom is 0.255 e. The fraction of sp³-hybridized carbons (Fsp3) is 0. The summed E-state index contributed by atoms with van der Waals surface area (Å²) in [6.07, 6.45) is 3.40. The molecule has 0 fully saturated rings. The number of nitrogens with one attached hydrogen (secondary N) is 2. The molecule has 0 radical (unpaired) electrons. The van der Waals surface area contributed by atoms with E-state index in [4.69, 9.17) is 0 Å². The van der Waals surface area contributed by atoms with Crippen LogP contribution < -0.4 is 5.32 Å². The van der Waals surface area contributed by atoms with Gasteiger partial charge in [-0.2, -0.15) is 0 Å². The maximum absolute atomic E-state index is 12.1. The van der Waals surface area contributed by atoms with E-state index in [2.05, 4.69) is 31.2 Å². The number of aromatic nitrogens is 2. The molecule has 0 aliphatic carbocycles. The first-order valence-electron chi connectivity index (χ1n) is 6.38. The highest BCUT2D eigenvalue weighted by Crippen LogP contribution is 2.19. The lowest BCUT2D eigenvalue weighted by atomic mass is 10.1. The lowest BCUT2D eigenvalue weighted by Crippen LogP contribution is -2.11. The molecule has 0 bridgehead atoms. The number of benzene rings is 2. The summed E-state index contributed by atoms with van der Waals surface area (Å²) >= 11 is 3.36. The Labute approximate surface area is 130 Å². The summed E-state index contributed by atoms with van der Waals surface area (Å²) in [6, 6.07) is 14.9. The monoisotopic (exact) mass is 341 g/mol. The van der Waals surface area contributed by atoms with Gasteiger partial charge in [-0.05, 0) is 35.9 Å². The van der Waals surface area contributed by atoms with Crippen LogP contribution in [0.2, 0.25) is 0 Å². The molecule has 0 spiro atoms. The van der Waals surface area contributed by atoms with Crippen molar-refractivity contribution in [1.82, 2.24) is 9.97 Å². The number of hydrogen-bond acceptors (Lipinski definition) is 2. The highest BCUT2D eigenvalue weighted by atomic mass is 79.9. The van der Waals surface area contributed by atoms with Crippen LogP contribution in [0, 0.1) is 0 Å². The predicted octanol–water partition coefficient (Wildman–Crippen LogP) is 4.09. The first kappa shape index (κ1) is 13.6. The van der Waals surface area contributed by atoms with E-state index in [1.807, 2.05) is 36.4 Å². The topological polar surface area (TPSA) is 57.8 Å². The number of nitrogens with zero attached hydrogens (tertiary/aromatic N) is 1. The molecule has 0 aliphatic heterocycles. The van der Waals surface area contributed by atoms with Gasteiger partial charge in [-0.15, -0.1) is 0 Å². The molecule has 5 heteroatoms. The van der Waals surface area contributed by atoms with Crippen molar-refractivity contribution in [3.63, 3.8) is 0 Å². The number of carbonyl (C=O) groups excluding carboxylic acids is 1. The molecule has 21 heavy (non-hydrogen) atoms. The maximum atomic E-state index is 12.1. The Balaban J connectivity index is 1.75. The van der Waals surface area contributed by atoms with E-state index in [-0.39, 0.29) is 5.91 Å². The van der Waals surface area contributed by atoms with Crippen molar-refractivity contribution in [3.8, 4) is 11.3 Å². The number of carbonyl (C=O) groups is 1. The van der Waals surface area contributed by atoms with Gasteiger partial charge in [0, 0.05) is 15.7 Å². The second kappa shape index (κ2) is 5.93. The van der Waals surface area contributed by atoms with Crippen molar-refractivity contribution in [1.29, 1.82) is 0 Å². The van der Waals surface area contributed by atoms with Gasteiger partial charge in [0.25, 0.3) is 5.91 Å². The molecule has 4 nitrogen and oxygen atoms in total. The molecular formula is C16H12BrN3O. The summed E-state index contributed by atoms with van der Waals surface area (Å²) in [5.74, 6) is -0.134. The van der Waals surface area contributed by atoms with Gasteiger partial charge in [0.15, 0.2) is 0 Å². The summed E-state index contributed by atoms with van der Waals surface area (Å²) in [4.78, 5) is 19.2. The molecule has 0 saturated heterocycles. The molecule has 0 saturated carbocycles. The van der Waals surface area contributed by atoms with Crippen LogP contribution in [-0.4, -0.2) is 15.9 Å². The normalized spacial score (nSPS) is 10.3. The number of amides is 1. The van der Waals surface area contributed by atoms with Gasteiger partial charge in [-0.25, -0.2) is 4.98 Å². The summed E-state index contributed by atoms with van der Waals surface area (Å²) in [6.45, 7) is 0. The molecule has 0 atom stereocenters. The van der Waals surface area contributed by atoms with Gasteiger partial charge in [0.1, 0.15) is 0 Å². The summed E-state index contributed by atoms with van der Waals surface area (Å²) in [5.41, 5.74) is 3.33. The smallest absolute Gasteiger partial charge is 0.255 e. The van der Waals surface area contributed by atoms with Gasteiger partial charge in [-0.1, -0.05) is 34.1 Å². The van der Waals surface area contributed by atoms with E-state index in [0.717, 1.165) is 21.4 Å². The van der Waals surface area contributed by atoms with Crippen molar-refractivity contribution in [3.05, 3.63) is 71.1 Å². The summed E-state index contributed by atoms with van der Waals surface area (Å²) in [5, 5.41) is 2.87. The van der Waals surface area contributed by atoms with Crippen molar-refractivity contribution < 1.29 is 4.79 Å². The standard InChI is InChI=1S/C16H12BrN3O/c17-13-3-1-2-12(8-13)16(21)20-14-6-4-11(5-7-14)15-9-18-10-19-15/h1-10H,(H,18,19)(H,20,21). The van der Waals surface area contributed by atoms with Crippen molar-refractivity contribution in [2.75, 3.05) is 5.32 Å². The van der Waals surface area contributed by atoms with E-state index in [1.54, 1.807) is 24.7 Å². The Bertz CT molecular complexity index is 751. The predicted molar refractivity (Wildman–Crippen MR) is 86.1 cm³/mol.